The van der Waals surface area contributed by atoms with Gasteiger partial charge in [-0.3, -0.25) is 9.69 Å². The highest BCUT2D eigenvalue weighted by atomic mass is 19.1. The lowest BCUT2D eigenvalue weighted by Crippen LogP contribution is -2.36. The van der Waals surface area contributed by atoms with E-state index in [9.17, 15) is 14.4 Å². The Morgan fingerprint density at radius 1 is 1.35 bits per heavy atom. The van der Waals surface area contributed by atoms with Crippen molar-refractivity contribution < 1.29 is 13.6 Å². The minimum absolute atomic E-state index is 0.181. The first kappa shape index (κ1) is 16.1. The van der Waals surface area contributed by atoms with E-state index < -0.39 is 5.82 Å². The van der Waals surface area contributed by atoms with E-state index in [2.05, 4.69) is 0 Å². The van der Waals surface area contributed by atoms with Crippen molar-refractivity contribution in [2.75, 3.05) is 18.5 Å². The van der Waals surface area contributed by atoms with Crippen molar-refractivity contribution in [3.05, 3.63) is 53.7 Å². The van der Waals surface area contributed by atoms with Crippen LogP contribution in [0.15, 0.2) is 41.0 Å². The first-order valence-electron chi connectivity index (χ1n) is 6.68. The highest BCUT2D eigenvalue weighted by Gasteiger charge is 2.17. The summed E-state index contributed by atoms with van der Waals surface area (Å²) in [6.45, 7) is 0.0577. The van der Waals surface area contributed by atoms with Crippen LogP contribution in [0.4, 0.5) is 10.1 Å². The minimum atomic E-state index is -0.671. The molecular weight excluding hydrogens is 299 g/mol. The molecule has 116 valence electrons. The molecule has 23 heavy (non-hydrogen) atoms. The summed E-state index contributed by atoms with van der Waals surface area (Å²) in [5, 5.41) is 18.0. The van der Waals surface area contributed by atoms with Gasteiger partial charge in [0.15, 0.2) is 6.19 Å². The molecule has 0 spiro atoms. The molecule has 1 aromatic carbocycles. The Balaban J connectivity index is 2.08. The number of benzene rings is 1. The summed E-state index contributed by atoms with van der Waals surface area (Å²) in [6.07, 6.45) is 3.38. The molecule has 0 unspecified atom stereocenters. The van der Waals surface area contributed by atoms with E-state index >= 15 is 0 Å². The Labute approximate surface area is 132 Å². The zero-order valence-electron chi connectivity index (χ0n) is 12.4. The van der Waals surface area contributed by atoms with Crippen LogP contribution in [0.1, 0.15) is 11.3 Å². The van der Waals surface area contributed by atoms with Crippen molar-refractivity contribution in [2.24, 2.45) is 0 Å². The third kappa shape index (κ3) is 3.86. The molecular formula is C16H13FN4O2. The van der Waals surface area contributed by atoms with Crippen molar-refractivity contribution in [3.8, 4) is 12.3 Å². The van der Waals surface area contributed by atoms with Gasteiger partial charge in [0.25, 0.3) is 0 Å². The molecule has 0 atom stereocenters. The molecule has 0 saturated carbocycles. The third-order valence-electron chi connectivity index (χ3n) is 3.20. The lowest BCUT2D eigenvalue weighted by atomic mass is 10.2. The van der Waals surface area contributed by atoms with Gasteiger partial charge in [0, 0.05) is 7.05 Å². The SMILES string of the molecule is CN(Cc1ccco1)C(=O)CN(C#N)c1ccc(F)c(C#N)c1. The predicted molar refractivity (Wildman–Crippen MR) is 79.3 cm³/mol. The van der Waals surface area contributed by atoms with Gasteiger partial charge in [-0.05, 0) is 30.3 Å². The summed E-state index contributed by atoms with van der Waals surface area (Å²) in [7, 11) is 1.59. The molecule has 0 aliphatic carbocycles. The summed E-state index contributed by atoms with van der Waals surface area (Å²) in [5.41, 5.74) is 0.101. The van der Waals surface area contributed by atoms with E-state index in [1.165, 1.54) is 23.3 Å². The van der Waals surface area contributed by atoms with Crippen LogP contribution in [0, 0.1) is 28.6 Å². The Morgan fingerprint density at radius 3 is 2.74 bits per heavy atom. The van der Waals surface area contributed by atoms with Crippen molar-refractivity contribution >= 4 is 11.6 Å². The molecule has 0 aliphatic heterocycles. The van der Waals surface area contributed by atoms with Gasteiger partial charge in [0.1, 0.15) is 24.2 Å². The fourth-order valence-electron chi connectivity index (χ4n) is 1.93. The Bertz CT molecular complexity index is 774. The van der Waals surface area contributed by atoms with Crippen LogP contribution in [-0.2, 0) is 11.3 Å². The van der Waals surface area contributed by atoms with Crippen molar-refractivity contribution in [3.63, 3.8) is 0 Å². The van der Waals surface area contributed by atoms with Crippen molar-refractivity contribution in [1.82, 2.24) is 4.90 Å². The van der Waals surface area contributed by atoms with Gasteiger partial charge >= 0.3 is 0 Å². The van der Waals surface area contributed by atoms with E-state index in [0.717, 1.165) is 11.0 Å². The monoisotopic (exact) mass is 312 g/mol. The average Bonchev–Trinajstić information content (AvgIpc) is 3.06. The summed E-state index contributed by atoms with van der Waals surface area (Å²) in [4.78, 5) is 14.7. The highest BCUT2D eigenvalue weighted by molar-refractivity contribution is 5.82. The molecule has 0 aliphatic rings. The van der Waals surface area contributed by atoms with Crippen LogP contribution in [0.5, 0.6) is 0 Å². The van der Waals surface area contributed by atoms with Crippen molar-refractivity contribution in [2.45, 2.75) is 6.54 Å². The van der Waals surface area contributed by atoms with Crippen LogP contribution in [-0.4, -0.2) is 24.4 Å². The van der Waals surface area contributed by atoms with E-state index in [4.69, 9.17) is 9.68 Å². The Kier molecular flexibility index (Phi) is 4.96. The second kappa shape index (κ2) is 7.10. The number of amides is 1. The van der Waals surface area contributed by atoms with Crippen LogP contribution in [0.3, 0.4) is 0 Å². The zero-order chi connectivity index (χ0) is 16.8. The topological polar surface area (TPSA) is 84.3 Å². The first-order valence-corrected chi connectivity index (χ1v) is 6.68. The molecule has 2 rings (SSSR count). The Hall–Kier alpha value is -3.32. The molecule has 0 bridgehead atoms. The van der Waals surface area contributed by atoms with Crippen LogP contribution < -0.4 is 4.90 Å². The number of anilines is 1. The van der Waals surface area contributed by atoms with Crippen LogP contribution in [0.2, 0.25) is 0 Å². The van der Waals surface area contributed by atoms with E-state index in [1.54, 1.807) is 25.2 Å². The van der Waals surface area contributed by atoms with Crippen LogP contribution in [0.25, 0.3) is 0 Å². The van der Waals surface area contributed by atoms with E-state index in [1.807, 2.05) is 6.19 Å². The molecule has 2 aromatic rings. The highest BCUT2D eigenvalue weighted by Crippen LogP contribution is 2.18. The number of hydrogen-bond acceptors (Lipinski definition) is 5. The van der Waals surface area contributed by atoms with Gasteiger partial charge in [-0.15, -0.1) is 0 Å². The summed E-state index contributed by atoms with van der Waals surface area (Å²) in [6, 6.07) is 8.84. The third-order valence-corrected chi connectivity index (χ3v) is 3.20. The number of halogens is 1. The molecule has 1 heterocycles. The maximum atomic E-state index is 13.3. The van der Waals surface area contributed by atoms with Crippen molar-refractivity contribution in [1.29, 1.82) is 10.5 Å². The maximum absolute atomic E-state index is 13.3. The number of carbonyl (C=O) groups is 1. The molecule has 0 radical (unpaired) electrons. The molecule has 0 N–H and O–H groups in total. The molecule has 1 amide bonds. The summed E-state index contributed by atoms with van der Waals surface area (Å²) < 4.78 is 18.5. The molecule has 0 fully saturated rings. The van der Waals surface area contributed by atoms with E-state index in [-0.39, 0.29) is 30.2 Å². The fourth-order valence-corrected chi connectivity index (χ4v) is 1.93. The largest absolute Gasteiger partial charge is 0.467 e. The number of nitriles is 2. The zero-order valence-corrected chi connectivity index (χ0v) is 12.4. The normalized spacial score (nSPS) is 9.74. The van der Waals surface area contributed by atoms with Gasteiger partial charge < -0.3 is 9.32 Å². The molecule has 0 saturated heterocycles. The Morgan fingerprint density at radius 2 is 2.13 bits per heavy atom. The number of likely N-dealkylation sites (N-methyl/N-ethyl adjacent to an activating group) is 1. The van der Waals surface area contributed by atoms with Gasteiger partial charge in [-0.1, -0.05) is 0 Å². The average molecular weight is 312 g/mol. The number of furan rings is 1. The van der Waals surface area contributed by atoms with Gasteiger partial charge in [-0.2, -0.15) is 10.5 Å². The summed E-state index contributed by atoms with van der Waals surface area (Å²) >= 11 is 0. The lowest BCUT2D eigenvalue weighted by Gasteiger charge is -2.20. The standard InChI is InChI=1S/C16H13FN4O2/c1-20(9-14-3-2-6-23-14)16(22)10-21(11-19)13-4-5-15(17)12(7-13)8-18/h2-7H,9-10H2,1H3. The number of hydrogen-bond donors (Lipinski definition) is 0. The number of rotatable bonds is 5. The second-order valence-electron chi connectivity index (χ2n) is 4.79. The second-order valence-corrected chi connectivity index (χ2v) is 4.79. The maximum Gasteiger partial charge on any atom is 0.243 e. The number of nitrogens with zero attached hydrogens (tertiary/aromatic N) is 4. The van der Waals surface area contributed by atoms with Gasteiger partial charge in [-0.25, -0.2) is 4.39 Å². The van der Waals surface area contributed by atoms with Crippen LogP contribution >= 0.6 is 0 Å². The van der Waals surface area contributed by atoms with Gasteiger partial charge in [0.2, 0.25) is 5.91 Å². The quantitative estimate of drug-likeness (QED) is 0.624. The molecule has 7 heteroatoms. The van der Waals surface area contributed by atoms with E-state index in [0.29, 0.717) is 5.76 Å². The first-order chi connectivity index (χ1) is 11.0. The number of carbonyl (C=O) groups excluding carboxylic acids is 1. The van der Waals surface area contributed by atoms with Gasteiger partial charge in [0.05, 0.1) is 24.1 Å². The lowest BCUT2D eigenvalue weighted by molar-refractivity contribution is -0.129. The molecule has 1 aromatic heterocycles. The predicted octanol–water partition coefficient (Wildman–Crippen LogP) is 2.24. The minimum Gasteiger partial charge on any atom is -0.467 e. The summed E-state index contributed by atoms with van der Waals surface area (Å²) in [5.74, 6) is -0.362. The smallest absolute Gasteiger partial charge is 0.243 e. The fraction of sp³-hybridized carbons (Fsp3) is 0.188. The molecule has 6 nitrogen and oxygen atoms in total.